The minimum atomic E-state index is -0.439. The fourth-order valence-corrected chi connectivity index (χ4v) is 3.08. The van der Waals surface area contributed by atoms with Crippen molar-refractivity contribution in [3.8, 4) is 11.5 Å². The molecule has 1 amide bonds. The number of piperazine rings is 1. The van der Waals surface area contributed by atoms with Gasteiger partial charge in [-0.2, -0.15) is 0 Å². The Morgan fingerprint density at radius 1 is 0.897 bits per heavy atom. The lowest BCUT2D eigenvalue weighted by atomic mass is 10.2. The van der Waals surface area contributed by atoms with Gasteiger partial charge in [0.25, 0.3) is 5.91 Å². The number of para-hydroxylation sites is 1. The molecule has 7 nitrogen and oxygen atoms in total. The highest BCUT2D eigenvalue weighted by atomic mass is 16.5. The zero-order valence-electron chi connectivity index (χ0n) is 16.6. The van der Waals surface area contributed by atoms with Crippen molar-refractivity contribution in [1.29, 1.82) is 0 Å². The van der Waals surface area contributed by atoms with Crippen LogP contribution in [-0.4, -0.2) is 63.3 Å². The van der Waals surface area contributed by atoms with Gasteiger partial charge in [0.1, 0.15) is 11.5 Å². The van der Waals surface area contributed by atoms with Gasteiger partial charge in [0.05, 0.1) is 20.1 Å². The molecule has 2 aromatic rings. The molecular weight excluding hydrogens is 372 g/mol. The first-order valence-electron chi connectivity index (χ1n) is 9.66. The highest BCUT2D eigenvalue weighted by molar-refractivity contribution is 5.81. The van der Waals surface area contributed by atoms with Gasteiger partial charge in [-0.05, 0) is 36.4 Å². The van der Waals surface area contributed by atoms with Crippen LogP contribution in [0.1, 0.15) is 6.42 Å². The van der Waals surface area contributed by atoms with Gasteiger partial charge in [-0.25, -0.2) is 0 Å². The van der Waals surface area contributed by atoms with Gasteiger partial charge in [-0.3, -0.25) is 9.59 Å². The highest BCUT2D eigenvalue weighted by Crippen LogP contribution is 2.20. The molecule has 0 atom stereocenters. The standard InChI is InChI=1S/C22H26N2O5/c1-27-19-9-7-18(8-10-19)23-12-14-24(15-13-23)21(25)17-29-22(26)11-16-28-20-5-3-2-4-6-20/h2-10H,11-17H2,1H3. The number of ether oxygens (including phenoxy) is 3. The molecule has 0 aliphatic carbocycles. The largest absolute Gasteiger partial charge is 0.497 e. The molecule has 2 aromatic carbocycles. The molecule has 1 saturated heterocycles. The van der Waals surface area contributed by atoms with E-state index in [-0.39, 0.29) is 25.5 Å². The minimum Gasteiger partial charge on any atom is -0.497 e. The number of rotatable bonds is 8. The van der Waals surface area contributed by atoms with Crippen molar-refractivity contribution < 1.29 is 23.8 Å². The third-order valence-corrected chi connectivity index (χ3v) is 4.74. The number of methoxy groups -OCH3 is 1. The Balaban J connectivity index is 1.34. The van der Waals surface area contributed by atoms with E-state index in [4.69, 9.17) is 14.2 Å². The van der Waals surface area contributed by atoms with Crippen LogP contribution in [0.2, 0.25) is 0 Å². The third-order valence-electron chi connectivity index (χ3n) is 4.74. The Hall–Kier alpha value is -3.22. The second-order valence-electron chi connectivity index (χ2n) is 6.64. The number of hydrogen-bond donors (Lipinski definition) is 0. The van der Waals surface area contributed by atoms with E-state index in [1.54, 1.807) is 12.0 Å². The zero-order valence-corrected chi connectivity index (χ0v) is 16.6. The van der Waals surface area contributed by atoms with E-state index >= 15 is 0 Å². The maximum absolute atomic E-state index is 12.3. The summed E-state index contributed by atoms with van der Waals surface area (Å²) in [5, 5.41) is 0. The number of benzene rings is 2. The molecule has 7 heteroatoms. The summed E-state index contributed by atoms with van der Waals surface area (Å²) in [5.74, 6) is 0.910. The van der Waals surface area contributed by atoms with Crippen LogP contribution in [0.5, 0.6) is 11.5 Å². The molecule has 3 rings (SSSR count). The maximum atomic E-state index is 12.3. The van der Waals surface area contributed by atoms with Crippen molar-refractivity contribution in [3.63, 3.8) is 0 Å². The molecule has 0 saturated carbocycles. The van der Waals surface area contributed by atoms with E-state index in [2.05, 4.69) is 4.90 Å². The van der Waals surface area contributed by atoms with Crippen LogP contribution in [0.4, 0.5) is 5.69 Å². The lowest BCUT2D eigenvalue weighted by Gasteiger charge is -2.36. The van der Waals surface area contributed by atoms with E-state index in [1.165, 1.54) is 0 Å². The van der Waals surface area contributed by atoms with Crippen LogP contribution < -0.4 is 14.4 Å². The number of carbonyl (C=O) groups is 2. The third kappa shape index (κ3) is 6.14. The van der Waals surface area contributed by atoms with Gasteiger partial charge in [0.2, 0.25) is 0 Å². The fraction of sp³-hybridized carbons (Fsp3) is 0.364. The quantitative estimate of drug-likeness (QED) is 0.636. The molecule has 0 N–H and O–H groups in total. The molecule has 1 aliphatic rings. The van der Waals surface area contributed by atoms with Crippen molar-refractivity contribution in [1.82, 2.24) is 4.90 Å². The maximum Gasteiger partial charge on any atom is 0.309 e. The highest BCUT2D eigenvalue weighted by Gasteiger charge is 2.22. The summed E-state index contributed by atoms with van der Waals surface area (Å²) in [6.45, 7) is 2.65. The predicted molar refractivity (Wildman–Crippen MR) is 109 cm³/mol. The lowest BCUT2D eigenvalue weighted by Crippen LogP contribution is -2.49. The van der Waals surface area contributed by atoms with E-state index in [0.29, 0.717) is 18.8 Å². The summed E-state index contributed by atoms with van der Waals surface area (Å²) in [6, 6.07) is 17.1. The number of amides is 1. The Morgan fingerprint density at radius 2 is 1.59 bits per heavy atom. The predicted octanol–water partition coefficient (Wildman–Crippen LogP) is 2.36. The van der Waals surface area contributed by atoms with Gasteiger partial charge in [0.15, 0.2) is 6.61 Å². The van der Waals surface area contributed by atoms with Crippen molar-refractivity contribution in [2.24, 2.45) is 0 Å². The van der Waals surface area contributed by atoms with Gasteiger partial charge < -0.3 is 24.0 Å². The van der Waals surface area contributed by atoms with Gasteiger partial charge >= 0.3 is 5.97 Å². The lowest BCUT2D eigenvalue weighted by molar-refractivity contribution is -0.152. The van der Waals surface area contributed by atoms with Crippen molar-refractivity contribution in [2.75, 3.05) is 51.4 Å². The van der Waals surface area contributed by atoms with Crippen LogP contribution in [0.15, 0.2) is 54.6 Å². The Morgan fingerprint density at radius 3 is 2.24 bits per heavy atom. The van der Waals surface area contributed by atoms with Crippen molar-refractivity contribution in [2.45, 2.75) is 6.42 Å². The van der Waals surface area contributed by atoms with E-state index in [1.807, 2.05) is 54.6 Å². The molecule has 1 fully saturated rings. The first-order valence-corrected chi connectivity index (χ1v) is 9.66. The Bertz CT molecular complexity index is 787. The average Bonchev–Trinajstić information content (AvgIpc) is 2.78. The Kier molecular flexibility index (Phi) is 7.33. The topological polar surface area (TPSA) is 68.3 Å². The van der Waals surface area contributed by atoms with Crippen molar-refractivity contribution in [3.05, 3.63) is 54.6 Å². The second-order valence-corrected chi connectivity index (χ2v) is 6.64. The molecule has 0 spiro atoms. The Labute approximate surface area is 170 Å². The first-order chi connectivity index (χ1) is 14.2. The molecule has 29 heavy (non-hydrogen) atoms. The molecule has 0 bridgehead atoms. The number of esters is 1. The van der Waals surface area contributed by atoms with Gasteiger partial charge in [-0.1, -0.05) is 18.2 Å². The molecule has 0 aromatic heterocycles. The molecule has 0 unspecified atom stereocenters. The average molecular weight is 398 g/mol. The first kappa shape index (κ1) is 20.5. The molecule has 1 aliphatic heterocycles. The minimum absolute atomic E-state index is 0.105. The van der Waals surface area contributed by atoms with Gasteiger partial charge in [-0.15, -0.1) is 0 Å². The van der Waals surface area contributed by atoms with Crippen LogP contribution in [-0.2, 0) is 14.3 Å². The summed E-state index contributed by atoms with van der Waals surface area (Å²) < 4.78 is 15.7. The molecule has 154 valence electrons. The van der Waals surface area contributed by atoms with E-state index < -0.39 is 5.97 Å². The summed E-state index contributed by atoms with van der Waals surface area (Å²) in [4.78, 5) is 28.1. The monoisotopic (exact) mass is 398 g/mol. The SMILES string of the molecule is COc1ccc(N2CCN(C(=O)COC(=O)CCOc3ccccc3)CC2)cc1. The normalized spacial score (nSPS) is 13.7. The summed E-state index contributed by atoms with van der Waals surface area (Å²) in [6.07, 6.45) is 0.105. The number of nitrogens with zero attached hydrogens (tertiary/aromatic N) is 2. The van der Waals surface area contributed by atoms with Crippen LogP contribution in [0.3, 0.4) is 0 Å². The second kappa shape index (κ2) is 10.4. The molecule has 0 radical (unpaired) electrons. The summed E-state index contributed by atoms with van der Waals surface area (Å²) in [5.41, 5.74) is 1.10. The van der Waals surface area contributed by atoms with E-state index in [9.17, 15) is 9.59 Å². The van der Waals surface area contributed by atoms with Crippen LogP contribution >= 0.6 is 0 Å². The number of hydrogen-bond acceptors (Lipinski definition) is 6. The summed E-state index contributed by atoms with van der Waals surface area (Å²) in [7, 11) is 1.64. The number of anilines is 1. The van der Waals surface area contributed by atoms with Crippen LogP contribution in [0.25, 0.3) is 0 Å². The van der Waals surface area contributed by atoms with Crippen molar-refractivity contribution >= 4 is 17.6 Å². The van der Waals surface area contributed by atoms with E-state index in [0.717, 1.165) is 24.5 Å². The molecular formula is C22H26N2O5. The zero-order chi connectivity index (χ0) is 20.5. The molecule has 1 heterocycles. The van der Waals surface area contributed by atoms with Gasteiger partial charge in [0, 0.05) is 31.9 Å². The number of carbonyl (C=O) groups excluding carboxylic acids is 2. The fourth-order valence-electron chi connectivity index (χ4n) is 3.08. The van der Waals surface area contributed by atoms with Crippen LogP contribution in [0, 0.1) is 0 Å². The smallest absolute Gasteiger partial charge is 0.309 e. The summed E-state index contributed by atoms with van der Waals surface area (Å²) >= 11 is 0.